The Morgan fingerprint density at radius 3 is 1.72 bits per heavy atom. The highest BCUT2D eigenvalue weighted by Crippen LogP contribution is 2.26. The zero-order valence-electron chi connectivity index (χ0n) is 32.7. The third-order valence-electron chi connectivity index (χ3n) is 9.93. The largest absolute Gasteiger partial charge is 0.397 e. The van der Waals surface area contributed by atoms with Crippen molar-refractivity contribution in [2.24, 2.45) is 0 Å². The second kappa shape index (κ2) is 31.0. The van der Waals surface area contributed by atoms with E-state index in [0.717, 1.165) is 51.4 Å². The number of carbonyl (C=O) groups is 1. The molecule has 1 saturated heterocycles. The summed E-state index contributed by atoms with van der Waals surface area (Å²) in [6, 6.07) is -1.03. The highest BCUT2D eigenvalue weighted by molar-refractivity contribution is 7.80. The lowest BCUT2D eigenvalue weighted by Crippen LogP contribution is -2.61. The van der Waals surface area contributed by atoms with Crippen molar-refractivity contribution < 1.29 is 57.0 Å². The van der Waals surface area contributed by atoms with Crippen LogP contribution in [0.5, 0.6) is 0 Å². The molecular weight excluding hydrogens is 706 g/mol. The Morgan fingerprint density at radius 1 is 0.736 bits per heavy atom. The molecule has 0 saturated carbocycles. The third kappa shape index (κ3) is 24.1. The highest BCUT2D eigenvalue weighted by atomic mass is 32.3. The van der Waals surface area contributed by atoms with Gasteiger partial charge in [0.25, 0.3) is 0 Å². The van der Waals surface area contributed by atoms with E-state index in [0.29, 0.717) is 19.3 Å². The number of hydrogen-bond acceptors (Lipinski definition) is 11. The summed E-state index contributed by atoms with van der Waals surface area (Å²) in [4.78, 5) is 12.9. The summed E-state index contributed by atoms with van der Waals surface area (Å²) in [7, 11) is -5.09. The number of unbranched alkanes of at least 4 members (excludes halogenated alkanes) is 19. The number of aliphatic hydroxyl groups excluding tert-OH is 5. The Hall–Kier alpha value is -1.20. The number of aliphatic hydroxyl groups is 5. The highest BCUT2D eigenvalue weighted by Gasteiger charge is 2.48. The smallest absolute Gasteiger partial charge is 0.394 e. The lowest BCUT2D eigenvalue weighted by molar-refractivity contribution is -0.298. The van der Waals surface area contributed by atoms with E-state index in [1.54, 1.807) is 0 Å². The minimum absolute atomic E-state index is 0.252. The summed E-state index contributed by atoms with van der Waals surface area (Å²) < 4.78 is 47.0. The quantitative estimate of drug-likeness (QED) is 0.0235. The van der Waals surface area contributed by atoms with Gasteiger partial charge in [-0.05, 0) is 38.5 Å². The first-order valence-electron chi connectivity index (χ1n) is 20.7. The molecule has 0 bridgehead atoms. The van der Waals surface area contributed by atoms with E-state index in [9.17, 15) is 38.7 Å². The maximum atomic E-state index is 12.9. The molecule has 1 aliphatic heterocycles. The second-order valence-corrected chi connectivity index (χ2v) is 15.8. The number of nitrogens with one attached hydrogen (secondary N) is 1. The molecule has 0 aromatic carbocycles. The van der Waals surface area contributed by atoms with Gasteiger partial charge in [0.2, 0.25) is 5.91 Å². The standard InChI is InChI=1S/C39H75NO12S/c1-3-5-7-8-9-10-11-12-13-14-15-16-17-18-19-20-21-22-23-24-26-28-33(43)38(46)40-31(32(42)27-25-6-4-2)30-50-39-36(45)37(52-53(47,48)49)35(44)34(29-41)51-39/h17-18,31-37,39,41-45H,3-16,19-30H2,1-2H3,(H,40,46)(H,47,48,49)/b18-17-. The summed E-state index contributed by atoms with van der Waals surface area (Å²) in [5.41, 5.74) is 0. The number of allylic oxidation sites excluding steroid dienone is 2. The van der Waals surface area contributed by atoms with Crippen LogP contribution in [-0.2, 0) is 28.9 Å². The van der Waals surface area contributed by atoms with Gasteiger partial charge in [-0.2, -0.15) is 8.42 Å². The molecule has 1 aliphatic rings. The summed E-state index contributed by atoms with van der Waals surface area (Å²) in [5, 5.41) is 54.4. The van der Waals surface area contributed by atoms with Crippen LogP contribution < -0.4 is 5.32 Å². The van der Waals surface area contributed by atoms with Crippen molar-refractivity contribution >= 4 is 16.3 Å². The molecule has 1 heterocycles. The molecule has 8 atom stereocenters. The van der Waals surface area contributed by atoms with Crippen LogP contribution in [0.3, 0.4) is 0 Å². The predicted molar refractivity (Wildman–Crippen MR) is 205 cm³/mol. The zero-order chi connectivity index (χ0) is 39.3. The maximum Gasteiger partial charge on any atom is 0.397 e. The van der Waals surface area contributed by atoms with Gasteiger partial charge in [-0.25, -0.2) is 4.18 Å². The third-order valence-corrected chi connectivity index (χ3v) is 10.4. The fraction of sp³-hybridized carbons (Fsp3) is 0.923. The van der Waals surface area contributed by atoms with Crippen LogP contribution in [0.2, 0.25) is 0 Å². The molecule has 13 nitrogen and oxygen atoms in total. The summed E-state index contributed by atoms with van der Waals surface area (Å²) in [6.45, 7) is 3.05. The zero-order valence-corrected chi connectivity index (χ0v) is 33.5. The Labute approximate surface area is 320 Å². The topological polar surface area (TPSA) is 212 Å². The first-order valence-corrected chi connectivity index (χ1v) is 22.0. The molecule has 7 N–H and O–H groups in total. The molecule has 314 valence electrons. The van der Waals surface area contributed by atoms with Gasteiger partial charge in [0.15, 0.2) is 6.29 Å². The van der Waals surface area contributed by atoms with Crippen molar-refractivity contribution in [2.45, 2.75) is 217 Å². The Kier molecular flexibility index (Phi) is 29.1. The molecular formula is C39H75NO12S. The van der Waals surface area contributed by atoms with Crippen LogP contribution >= 0.6 is 0 Å². The molecule has 0 spiro atoms. The average molecular weight is 782 g/mol. The van der Waals surface area contributed by atoms with Crippen molar-refractivity contribution in [3.05, 3.63) is 12.2 Å². The maximum absolute atomic E-state index is 12.9. The minimum Gasteiger partial charge on any atom is -0.394 e. The molecule has 53 heavy (non-hydrogen) atoms. The molecule has 0 radical (unpaired) electrons. The van der Waals surface area contributed by atoms with Crippen LogP contribution in [0.25, 0.3) is 0 Å². The molecule has 0 aromatic rings. The fourth-order valence-electron chi connectivity index (χ4n) is 6.58. The molecule has 14 heteroatoms. The van der Waals surface area contributed by atoms with Gasteiger partial charge < -0.3 is 40.3 Å². The summed E-state index contributed by atoms with van der Waals surface area (Å²) in [6.07, 6.45) is 19.7. The van der Waals surface area contributed by atoms with Gasteiger partial charge in [-0.15, -0.1) is 0 Å². The van der Waals surface area contributed by atoms with Gasteiger partial charge in [-0.3, -0.25) is 9.35 Å². The first kappa shape index (κ1) is 49.8. The molecule has 1 amide bonds. The normalized spacial score (nSPS) is 22.6. The van der Waals surface area contributed by atoms with Gasteiger partial charge in [0, 0.05) is 0 Å². The SMILES string of the molecule is CCCCCCCCCCCCC/C=C\CCCCCCCCC(O)C(=O)NC(COC1OC(CO)C(O)C(OS(=O)(=O)O)C1O)C(O)CCCCC. The van der Waals surface area contributed by atoms with E-state index in [-0.39, 0.29) is 6.42 Å². The lowest BCUT2D eigenvalue weighted by Gasteiger charge is -2.41. The van der Waals surface area contributed by atoms with Crippen LogP contribution in [0.15, 0.2) is 12.2 Å². The van der Waals surface area contributed by atoms with Crippen molar-refractivity contribution in [2.75, 3.05) is 13.2 Å². The number of ether oxygens (including phenoxy) is 2. The summed E-state index contributed by atoms with van der Waals surface area (Å²) >= 11 is 0. The van der Waals surface area contributed by atoms with Crippen molar-refractivity contribution in [1.82, 2.24) is 5.32 Å². The number of amides is 1. The Bertz CT molecular complexity index is 1030. The van der Waals surface area contributed by atoms with Crippen molar-refractivity contribution in [3.63, 3.8) is 0 Å². The summed E-state index contributed by atoms with van der Waals surface area (Å²) in [5.74, 6) is -0.686. The van der Waals surface area contributed by atoms with E-state index < -0.39 is 78.5 Å². The Morgan fingerprint density at radius 2 is 1.21 bits per heavy atom. The van der Waals surface area contributed by atoms with E-state index in [1.165, 1.54) is 77.0 Å². The number of hydrogen-bond donors (Lipinski definition) is 7. The van der Waals surface area contributed by atoms with Gasteiger partial charge in [-0.1, -0.05) is 142 Å². The van der Waals surface area contributed by atoms with Crippen LogP contribution in [-0.4, -0.2) is 107 Å². The van der Waals surface area contributed by atoms with Gasteiger partial charge in [0.1, 0.15) is 30.5 Å². The van der Waals surface area contributed by atoms with E-state index in [2.05, 4.69) is 28.6 Å². The van der Waals surface area contributed by atoms with Crippen LogP contribution in [0.4, 0.5) is 0 Å². The van der Waals surface area contributed by atoms with Crippen molar-refractivity contribution in [1.29, 1.82) is 0 Å². The predicted octanol–water partition coefficient (Wildman–Crippen LogP) is 5.80. The van der Waals surface area contributed by atoms with E-state index in [4.69, 9.17) is 14.0 Å². The molecule has 0 aromatic heterocycles. The minimum atomic E-state index is -5.09. The first-order chi connectivity index (χ1) is 25.4. The molecule has 1 rings (SSSR count). The van der Waals surface area contributed by atoms with E-state index >= 15 is 0 Å². The van der Waals surface area contributed by atoms with Gasteiger partial charge in [0.05, 0.1) is 25.4 Å². The van der Waals surface area contributed by atoms with Gasteiger partial charge >= 0.3 is 10.4 Å². The number of rotatable bonds is 34. The molecule has 1 fully saturated rings. The van der Waals surface area contributed by atoms with Crippen LogP contribution in [0.1, 0.15) is 168 Å². The number of carbonyl (C=O) groups excluding carboxylic acids is 1. The monoisotopic (exact) mass is 782 g/mol. The van der Waals surface area contributed by atoms with Crippen molar-refractivity contribution in [3.8, 4) is 0 Å². The molecule has 0 aliphatic carbocycles. The average Bonchev–Trinajstić information content (AvgIpc) is 3.12. The lowest BCUT2D eigenvalue weighted by atomic mass is 9.99. The second-order valence-electron chi connectivity index (χ2n) is 14.7. The van der Waals surface area contributed by atoms with Crippen LogP contribution in [0, 0.1) is 0 Å². The molecule has 8 unspecified atom stereocenters. The fourth-order valence-corrected chi connectivity index (χ4v) is 7.08. The van der Waals surface area contributed by atoms with E-state index in [1.807, 2.05) is 6.92 Å². The Balaban J connectivity index is 2.34.